The molecular weight excluding hydrogens is 482 g/mol. The first kappa shape index (κ1) is 26.1. The molecule has 2 saturated carbocycles. The maximum Gasteiger partial charge on any atom is 0.331 e. The third-order valence-electron chi connectivity index (χ3n) is 11.1. The number of carboxylic acids is 1. The molecule has 1 amide bonds. The average molecular weight is 524 g/mol. The van der Waals surface area contributed by atoms with Crippen molar-refractivity contribution in [1.82, 2.24) is 4.90 Å². The van der Waals surface area contributed by atoms with Crippen molar-refractivity contribution >= 4 is 11.9 Å². The molecule has 4 nitrogen and oxygen atoms in total. The van der Waals surface area contributed by atoms with Gasteiger partial charge in [0.2, 0.25) is 5.91 Å². The molecule has 6 rings (SSSR count). The third-order valence-corrected chi connectivity index (χ3v) is 11.1. The van der Waals surface area contributed by atoms with E-state index in [0.29, 0.717) is 48.7 Å². The molecule has 2 aromatic rings. The number of carbonyl (C=O) groups excluding carboxylic acids is 1. The Morgan fingerprint density at radius 3 is 2.13 bits per heavy atom. The van der Waals surface area contributed by atoms with Crippen LogP contribution in [0.3, 0.4) is 0 Å². The average Bonchev–Trinajstić information content (AvgIpc) is 3.30. The van der Waals surface area contributed by atoms with Gasteiger partial charge < -0.3 is 10.0 Å². The van der Waals surface area contributed by atoms with E-state index in [0.717, 1.165) is 38.5 Å². The molecule has 0 aromatic heterocycles. The minimum absolute atomic E-state index is 0.0162. The summed E-state index contributed by atoms with van der Waals surface area (Å²) in [5.74, 6) is 1.28. The highest BCUT2D eigenvalue weighted by molar-refractivity contribution is 5.87. The second kappa shape index (κ2) is 10.1. The Morgan fingerprint density at radius 1 is 0.872 bits per heavy atom. The zero-order chi connectivity index (χ0) is 27.2. The van der Waals surface area contributed by atoms with Gasteiger partial charge in [0.25, 0.3) is 0 Å². The van der Waals surface area contributed by atoms with Gasteiger partial charge in [0.05, 0.1) is 0 Å². The quantitative estimate of drug-likeness (QED) is 0.429. The van der Waals surface area contributed by atoms with Gasteiger partial charge in [0, 0.05) is 24.6 Å². The van der Waals surface area contributed by atoms with E-state index in [1.54, 1.807) is 0 Å². The topological polar surface area (TPSA) is 57.6 Å². The van der Waals surface area contributed by atoms with Crippen LogP contribution in [0.1, 0.15) is 69.9 Å². The monoisotopic (exact) mass is 523 g/mol. The number of carboxylic acid groups (broad SMARTS) is 1. The highest BCUT2D eigenvalue weighted by atomic mass is 16.4. The number of allylic oxidation sites excluding steroid dienone is 3. The Morgan fingerprint density at radius 2 is 1.51 bits per heavy atom. The molecule has 0 radical (unpaired) electrons. The van der Waals surface area contributed by atoms with Gasteiger partial charge in [-0.25, -0.2) is 4.79 Å². The fourth-order valence-corrected chi connectivity index (χ4v) is 8.94. The molecule has 0 bridgehead atoms. The second-order valence-electron chi connectivity index (χ2n) is 13.0. The standard InChI is InChI=1S/C35H41NO3/c1-34-19-17-26(33(38)39)21-27(34)13-14-28-29-15-16-31(35(29,2)20-18-30(28)34)32(37)36(22-24-9-5-3-6-10-24)23-25-11-7-4-8-12-25/h3-13,21,28-31H,14-20,22-23H2,1-2H3,(H,38,39)/t28-,29-,30-,31+,34-,35-/m0/s1. The number of rotatable bonds is 6. The molecule has 4 heteroatoms. The van der Waals surface area contributed by atoms with Crippen LogP contribution in [0.2, 0.25) is 0 Å². The predicted molar refractivity (Wildman–Crippen MR) is 153 cm³/mol. The van der Waals surface area contributed by atoms with Gasteiger partial charge >= 0.3 is 5.97 Å². The number of amides is 1. The summed E-state index contributed by atoms with van der Waals surface area (Å²) < 4.78 is 0. The van der Waals surface area contributed by atoms with Gasteiger partial charge in [0.1, 0.15) is 0 Å². The van der Waals surface area contributed by atoms with E-state index in [1.807, 2.05) is 18.2 Å². The third kappa shape index (κ3) is 4.56. The van der Waals surface area contributed by atoms with Crippen molar-refractivity contribution in [2.24, 2.45) is 34.5 Å². The van der Waals surface area contributed by atoms with E-state index in [4.69, 9.17) is 0 Å². The van der Waals surface area contributed by atoms with Gasteiger partial charge in [0.15, 0.2) is 0 Å². The summed E-state index contributed by atoms with van der Waals surface area (Å²) in [5, 5.41) is 9.58. The Hall–Kier alpha value is -3.14. The minimum Gasteiger partial charge on any atom is -0.478 e. The van der Waals surface area contributed by atoms with E-state index in [-0.39, 0.29) is 16.7 Å². The van der Waals surface area contributed by atoms with Gasteiger partial charge in [-0.05, 0) is 96.3 Å². The smallest absolute Gasteiger partial charge is 0.331 e. The molecule has 6 atom stereocenters. The Kier molecular flexibility index (Phi) is 6.77. The molecule has 4 aliphatic carbocycles. The summed E-state index contributed by atoms with van der Waals surface area (Å²) in [5.41, 5.74) is 4.23. The van der Waals surface area contributed by atoms with Crippen molar-refractivity contribution in [3.8, 4) is 0 Å². The Labute approximate surface area is 232 Å². The van der Waals surface area contributed by atoms with Crippen LogP contribution in [0.25, 0.3) is 0 Å². The van der Waals surface area contributed by atoms with Crippen LogP contribution in [0.5, 0.6) is 0 Å². The molecule has 39 heavy (non-hydrogen) atoms. The first-order chi connectivity index (χ1) is 18.8. The number of aliphatic carboxylic acids is 1. The first-order valence-corrected chi connectivity index (χ1v) is 14.8. The van der Waals surface area contributed by atoms with Crippen LogP contribution in [-0.4, -0.2) is 21.9 Å². The minimum atomic E-state index is -0.774. The molecule has 0 saturated heterocycles. The first-order valence-electron chi connectivity index (χ1n) is 14.8. The largest absolute Gasteiger partial charge is 0.478 e. The highest BCUT2D eigenvalue weighted by Crippen LogP contribution is 2.66. The lowest BCUT2D eigenvalue weighted by atomic mass is 9.48. The summed E-state index contributed by atoms with van der Waals surface area (Å²) in [6.45, 7) is 6.07. The Bertz CT molecular complexity index is 1260. The van der Waals surface area contributed by atoms with Crippen LogP contribution < -0.4 is 0 Å². The van der Waals surface area contributed by atoms with Crippen LogP contribution in [0.4, 0.5) is 0 Å². The molecule has 0 aliphatic heterocycles. The van der Waals surface area contributed by atoms with Crippen LogP contribution in [0, 0.1) is 34.5 Å². The van der Waals surface area contributed by atoms with Crippen molar-refractivity contribution in [3.05, 3.63) is 95.1 Å². The maximum absolute atomic E-state index is 14.4. The van der Waals surface area contributed by atoms with E-state index in [9.17, 15) is 14.7 Å². The maximum atomic E-state index is 14.4. The van der Waals surface area contributed by atoms with E-state index >= 15 is 0 Å². The number of fused-ring (bicyclic) bond motifs is 5. The molecule has 0 spiro atoms. The molecule has 4 aliphatic rings. The number of nitrogens with zero attached hydrogens (tertiary/aromatic N) is 1. The van der Waals surface area contributed by atoms with Crippen LogP contribution in [-0.2, 0) is 22.7 Å². The summed E-state index contributed by atoms with van der Waals surface area (Å²) in [7, 11) is 0. The number of hydrogen-bond acceptors (Lipinski definition) is 2. The molecule has 0 unspecified atom stereocenters. The fraction of sp³-hybridized carbons (Fsp3) is 0.486. The van der Waals surface area contributed by atoms with E-state index < -0.39 is 5.97 Å². The normalized spacial score (nSPS) is 33.2. The molecular formula is C35H41NO3. The Balaban J connectivity index is 1.26. The molecule has 2 fully saturated rings. The van der Waals surface area contributed by atoms with Crippen molar-refractivity contribution in [2.45, 2.75) is 71.9 Å². The lowest BCUT2D eigenvalue weighted by molar-refractivity contribution is -0.143. The van der Waals surface area contributed by atoms with Crippen molar-refractivity contribution in [1.29, 1.82) is 0 Å². The zero-order valence-corrected chi connectivity index (χ0v) is 23.3. The van der Waals surface area contributed by atoms with Gasteiger partial charge in [-0.15, -0.1) is 0 Å². The van der Waals surface area contributed by atoms with Gasteiger partial charge in [-0.2, -0.15) is 0 Å². The molecule has 1 N–H and O–H groups in total. The fourth-order valence-electron chi connectivity index (χ4n) is 8.94. The molecule has 204 valence electrons. The summed E-state index contributed by atoms with van der Waals surface area (Å²) in [6, 6.07) is 20.8. The van der Waals surface area contributed by atoms with Gasteiger partial charge in [-0.1, -0.05) is 80.6 Å². The summed E-state index contributed by atoms with van der Waals surface area (Å²) in [4.78, 5) is 28.2. The van der Waals surface area contributed by atoms with Crippen molar-refractivity contribution in [3.63, 3.8) is 0 Å². The summed E-state index contributed by atoms with van der Waals surface area (Å²) in [6.07, 6.45) is 11.2. The predicted octanol–water partition coefficient (Wildman–Crippen LogP) is 7.42. The highest BCUT2D eigenvalue weighted by Gasteiger charge is 2.60. The SMILES string of the molecule is C[C@]12CC[C@H]3[C@@H](CC=C4C=C(C(=O)O)CC[C@@]43C)[C@@H]1CC[C@@H]2C(=O)N(Cc1ccccc1)Cc1ccccc1. The van der Waals surface area contributed by atoms with Gasteiger partial charge in [-0.3, -0.25) is 4.79 Å². The van der Waals surface area contributed by atoms with E-state index in [1.165, 1.54) is 16.7 Å². The molecule has 0 heterocycles. The van der Waals surface area contributed by atoms with Crippen LogP contribution in [0.15, 0.2) is 84.0 Å². The van der Waals surface area contributed by atoms with Crippen molar-refractivity contribution in [2.75, 3.05) is 0 Å². The van der Waals surface area contributed by atoms with Crippen LogP contribution >= 0.6 is 0 Å². The zero-order valence-electron chi connectivity index (χ0n) is 23.3. The number of benzene rings is 2. The lowest BCUT2D eigenvalue weighted by Gasteiger charge is -2.57. The van der Waals surface area contributed by atoms with E-state index in [2.05, 4.69) is 73.4 Å². The number of carbonyl (C=O) groups is 2. The summed E-state index contributed by atoms with van der Waals surface area (Å²) >= 11 is 0. The second-order valence-corrected chi connectivity index (χ2v) is 13.0. The van der Waals surface area contributed by atoms with Crippen molar-refractivity contribution < 1.29 is 14.7 Å². The number of hydrogen-bond donors (Lipinski definition) is 1. The lowest BCUT2D eigenvalue weighted by Crippen LogP contribution is -2.51. The molecule has 2 aromatic carbocycles.